The van der Waals surface area contributed by atoms with Crippen molar-refractivity contribution >= 4 is 11.9 Å². The van der Waals surface area contributed by atoms with Crippen LogP contribution in [0.1, 0.15) is 67.2 Å². The molecule has 1 saturated heterocycles. The fourth-order valence-electron chi connectivity index (χ4n) is 2.99. The summed E-state index contributed by atoms with van der Waals surface area (Å²) in [5, 5.41) is 2.84. The summed E-state index contributed by atoms with van der Waals surface area (Å²) in [6, 6.07) is 0. The SMILES string of the molecule is CO[C@H]1O[C@@H](OC)[C@H](OC(C)(C)C)[C@@H]1OC(=O)CCC(=O)NCCCC(C)(C)C. The zero-order valence-electron chi connectivity index (χ0n) is 19.2. The molecule has 0 saturated carbocycles. The zero-order valence-corrected chi connectivity index (χ0v) is 19.2. The standard InChI is InChI=1S/C21H39NO7/c1-20(2,3)12-9-13-22-14(23)10-11-15(24)27-16-17(29-21(4,5)6)19(26-8)28-18(16)25-7/h16-19H,9-13H2,1-8H3,(H,22,23)/t16-,17+,18-,19+/m0/s1. The van der Waals surface area contributed by atoms with E-state index in [1.807, 2.05) is 20.8 Å². The van der Waals surface area contributed by atoms with E-state index in [0.29, 0.717) is 6.54 Å². The molecule has 0 radical (unpaired) electrons. The minimum absolute atomic E-state index is 0.0298. The van der Waals surface area contributed by atoms with Crippen LogP contribution in [0.3, 0.4) is 0 Å². The number of nitrogens with one attached hydrogen (secondary N) is 1. The van der Waals surface area contributed by atoms with E-state index in [4.69, 9.17) is 23.7 Å². The minimum atomic E-state index is -0.803. The largest absolute Gasteiger partial charge is 0.454 e. The van der Waals surface area contributed by atoms with Crippen LogP contribution in [0, 0.1) is 5.41 Å². The molecule has 1 aliphatic heterocycles. The van der Waals surface area contributed by atoms with Gasteiger partial charge in [-0.25, -0.2) is 0 Å². The molecule has 0 aromatic rings. The molecule has 1 amide bonds. The van der Waals surface area contributed by atoms with Gasteiger partial charge in [-0.2, -0.15) is 0 Å². The molecule has 8 heteroatoms. The number of ether oxygens (including phenoxy) is 5. The highest BCUT2D eigenvalue weighted by molar-refractivity contribution is 5.81. The van der Waals surface area contributed by atoms with Gasteiger partial charge >= 0.3 is 5.97 Å². The first-order valence-corrected chi connectivity index (χ1v) is 10.2. The van der Waals surface area contributed by atoms with Crippen molar-refractivity contribution in [3.8, 4) is 0 Å². The van der Waals surface area contributed by atoms with Crippen LogP contribution in [0.2, 0.25) is 0 Å². The van der Waals surface area contributed by atoms with Crippen LogP contribution in [0.15, 0.2) is 0 Å². The number of amides is 1. The van der Waals surface area contributed by atoms with Crippen LogP contribution in [-0.2, 0) is 33.3 Å². The Morgan fingerprint density at radius 2 is 1.52 bits per heavy atom. The molecule has 0 aromatic heterocycles. The van der Waals surface area contributed by atoms with Crippen molar-refractivity contribution in [3.05, 3.63) is 0 Å². The van der Waals surface area contributed by atoms with Crippen molar-refractivity contribution in [2.75, 3.05) is 20.8 Å². The molecule has 0 unspecified atom stereocenters. The molecule has 1 rings (SSSR count). The summed E-state index contributed by atoms with van der Waals surface area (Å²) in [7, 11) is 2.95. The average molecular weight is 418 g/mol. The number of carbonyl (C=O) groups excluding carboxylic acids is 2. The molecule has 4 atom stereocenters. The summed E-state index contributed by atoms with van der Waals surface area (Å²) in [5.41, 5.74) is -0.257. The molecule has 1 N–H and O–H groups in total. The third kappa shape index (κ3) is 9.89. The van der Waals surface area contributed by atoms with E-state index in [1.54, 1.807) is 0 Å². The van der Waals surface area contributed by atoms with Gasteiger partial charge in [-0.1, -0.05) is 20.8 Å². The van der Waals surface area contributed by atoms with E-state index in [-0.39, 0.29) is 24.2 Å². The zero-order chi connectivity index (χ0) is 22.2. The third-order valence-corrected chi connectivity index (χ3v) is 4.33. The molecule has 1 aliphatic rings. The molecular formula is C21H39NO7. The van der Waals surface area contributed by atoms with Crippen LogP contribution in [0.5, 0.6) is 0 Å². The number of hydrogen-bond acceptors (Lipinski definition) is 7. The quantitative estimate of drug-likeness (QED) is 0.432. The van der Waals surface area contributed by atoms with Gasteiger partial charge in [0.1, 0.15) is 0 Å². The van der Waals surface area contributed by atoms with Gasteiger partial charge in [-0.15, -0.1) is 0 Å². The monoisotopic (exact) mass is 417 g/mol. The molecule has 170 valence electrons. The normalized spacial score (nSPS) is 25.1. The highest BCUT2D eigenvalue weighted by Gasteiger charge is 2.50. The smallest absolute Gasteiger partial charge is 0.306 e. The first kappa shape index (κ1) is 25.8. The number of rotatable bonds is 10. The van der Waals surface area contributed by atoms with Crippen molar-refractivity contribution in [1.29, 1.82) is 0 Å². The number of methoxy groups -OCH3 is 2. The minimum Gasteiger partial charge on any atom is -0.454 e. The maximum Gasteiger partial charge on any atom is 0.306 e. The van der Waals surface area contributed by atoms with Gasteiger partial charge in [0, 0.05) is 27.2 Å². The Labute approximate surface area is 174 Å². The molecule has 0 aliphatic carbocycles. The Bertz CT molecular complexity index is 524. The summed E-state index contributed by atoms with van der Waals surface area (Å²) < 4.78 is 27.7. The molecule has 0 spiro atoms. The van der Waals surface area contributed by atoms with Gasteiger partial charge in [0.15, 0.2) is 24.8 Å². The van der Waals surface area contributed by atoms with E-state index in [0.717, 1.165) is 12.8 Å². The molecular weight excluding hydrogens is 378 g/mol. The van der Waals surface area contributed by atoms with Crippen molar-refractivity contribution in [1.82, 2.24) is 5.32 Å². The first-order valence-electron chi connectivity index (χ1n) is 10.2. The second kappa shape index (κ2) is 11.2. The molecule has 1 fully saturated rings. The fraction of sp³-hybridized carbons (Fsp3) is 0.905. The Hall–Kier alpha value is -1.22. The molecule has 29 heavy (non-hydrogen) atoms. The van der Waals surface area contributed by atoms with E-state index < -0.39 is 36.4 Å². The van der Waals surface area contributed by atoms with Gasteiger partial charge in [0.25, 0.3) is 0 Å². The summed E-state index contributed by atoms with van der Waals surface area (Å²) in [6.07, 6.45) is -0.989. The van der Waals surface area contributed by atoms with Crippen molar-refractivity contribution < 1.29 is 33.3 Å². The van der Waals surface area contributed by atoms with Crippen LogP contribution >= 0.6 is 0 Å². The lowest BCUT2D eigenvalue weighted by Crippen LogP contribution is -2.44. The molecule has 1 heterocycles. The van der Waals surface area contributed by atoms with Crippen molar-refractivity contribution in [2.45, 2.75) is 97.6 Å². The second-order valence-corrected chi connectivity index (χ2v) is 9.51. The Morgan fingerprint density at radius 3 is 2.03 bits per heavy atom. The summed E-state index contributed by atoms with van der Waals surface area (Å²) >= 11 is 0. The second-order valence-electron chi connectivity index (χ2n) is 9.51. The van der Waals surface area contributed by atoms with Gasteiger partial charge < -0.3 is 29.0 Å². The Kier molecular flexibility index (Phi) is 10.0. The highest BCUT2D eigenvalue weighted by atomic mass is 16.8. The van der Waals surface area contributed by atoms with Gasteiger partial charge in [0.05, 0.1) is 12.0 Å². The Morgan fingerprint density at radius 1 is 0.931 bits per heavy atom. The first-order chi connectivity index (χ1) is 13.4. The summed E-state index contributed by atoms with van der Waals surface area (Å²) in [5.74, 6) is -0.677. The maximum absolute atomic E-state index is 12.3. The van der Waals surface area contributed by atoms with Gasteiger partial charge in [0.2, 0.25) is 5.91 Å². The van der Waals surface area contributed by atoms with E-state index in [9.17, 15) is 9.59 Å². The lowest BCUT2D eigenvalue weighted by molar-refractivity contribution is -0.215. The van der Waals surface area contributed by atoms with Crippen LogP contribution in [0.4, 0.5) is 0 Å². The third-order valence-electron chi connectivity index (χ3n) is 4.33. The van der Waals surface area contributed by atoms with Crippen LogP contribution in [-0.4, -0.2) is 63.0 Å². The van der Waals surface area contributed by atoms with Crippen molar-refractivity contribution in [3.63, 3.8) is 0 Å². The predicted molar refractivity (Wildman–Crippen MR) is 108 cm³/mol. The number of carbonyl (C=O) groups is 2. The lowest BCUT2D eigenvalue weighted by Gasteiger charge is -2.30. The van der Waals surface area contributed by atoms with E-state index in [2.05, 4.69) is 26.1 Å². The van der Waals surface area contributed by atoms with Gasteiger partial charge in [-0.3, -0.25) is 9.59 Å². The maximum atomic E-state index is 12.3. The van der Waals surface area contributed by atoms with E-state index in [1.165, 1.54) is 14.2 Å². The summed E-state index contributed by atoms with van der Waals surface area (Å²) in [6.45, 7) is 12.8. The predicted octanol–water partition coefficient (Wildman–Crippen LogP) is 2.78. The molecule has 8 nitrogen and oxygen atoms in total. The molecule has 0 aromatic carbocycles. The van der Waals surface area contributed by atoms with Crippen LogP contribution < -0.4 is 5.32 Å². The topological polar surface area (TPSA) is 92.3 Å². The van der Waals surface area contributed by atoms with E-state index >= 15 is 0 Å². The number of esters is 1. The van der Waals surface area contributed by atoms with Gasteiger partial charge in [-0.05, 0) is 39.0 Å². The number of hydrogen-bond donors (Lipinski definition) is 1. The highest BCUT2D eigenvalue weighted by Crippen LogP contribution is 2.31. The summed E-state index contributed by atoms with van der Waals surface area (Å²) in [4.78, 5) is 24.3. The van der Waals surface area contributed by atoms with Crippen molar-refractivity contribution in [2.24, 2.45) is 5.41 Å². The molecule has 0 bridgehead atoms. The average Bonchev–Trinajstić information content (AvgIpc) is 2.91. The van der Waals surface area contributed by atoms with Crippen LogP contribution in [0.25, 0.3) is 0 Å². The Balaban J connectivity index is 2.51. The lowest BCUT2D eigenvalue weighted by atomic mass is 9.91. The fourth-order valence-corrected chi connectivity index (χ4v) is 2.99.